The lowest BCUT2D eigenvalue weighted by Gasteiger charge is -2.40. The number of Topliss-reactive ketones (excluding diaryl/α,β-unsaturated/α-hetero) is 1. The van der Waals surface area contributed by atoms with E-state index in [2.05, 4.69) is 3.63 Å². The van der Waals surface area contributed by atoms with E-state index in [1.54, 1.807) is 0 Å². The van der Waals surface area contributed by atoms with E-state index in [1.165, 1.54) is 11.8 Å². The van der Waals surface area contributed by atoms with Crippen LogP contribution in [0.1, 0.15) is 26.2 Å². The van der Waals surface area contributed by atoms with Crippen LogP contribution in [0.2, 0.25) is 0 Å². The van der Waals surface area contributed by atoms with Crippen molar-refractivity contribution >= 4 is 38.0 Å². The molecule has 0 amide bonds. The van der Waals surface area contributed by atoms with Gasteiger partial charge in [-0.1, -0.05) is 13.3 Å². The lowest BCUT2D eigenvalue weighted by Crippen LogP contribution is -2.34. The maximum Gasteiger partial charge on any atom is 0.523 e. The number of rotatable bonds is 7. The largest absolute Gasteiger partial charge is 0.523 e. The Balaban J connectivity index is 2.87. The smallest absolute Gasteiger partial charge is 0.299 e. The van der Waals surface area contributed by atoms with E-state index < -0.39 is 25.9 Å². The van der Waals surface area contributed by atoms with Gasteiger partial charge in [-0.15, -0.1) is 10.3 Å². The minimum atomic E-state index is -5.65. The number of thioether (sulfide) groups is 1. The summed E-state index contributed by atoms with van der Waals surface area (Å²) in [7, 11) is -8.19. The second-order valence-electron chi connectivity index (χ2n) is 4.74. The minimum absolute atomic E-state index is 0.192. The standard InChI is InChI=1S/C11H19F3O4S3/c1-2-3-4-10(15)9-20(7-5-19-6-8-20)18-21(16,17)11(12,13)14/h2-9H2,1H3. The third kappa shape index (κ3) is 5.65. The SMILES string of the molecule is CCCCC(=O)CS1(OS(=O)(=O)C(F)(F)F)CCSCC1. The first-order chi connectivity index (χ1) is 9.62. The van der Waals surface area contributed by atoms with Gasteiger partial charge in [0.05, 0.1) is 5.75 Å². The Bertz CT molecular complexity index is 456. The number of carbonyl (C=O) groups is 1. The van der Waals surface area contributed by atoms with Crippen molar-refractivity contribution in [3.63, 3.8) is 0 Å². The maximum absolute atomic E-state index is 12.5. The number of hydrogen-bond acceptors (Lipinski definition) is 5. The van der Waals surface area contributed by atoms with E-state index >= 15 is 0 Å². The molecule has 0 spiro atoms. The summed E-state index contributed by atoms with van der Waals surface area (Å²) in [5.41, 5.74) is -5.44. The summed E-state index contributed by atoms with van der Waals surface area (Å²) in [6, 6.07) is 0. The second-order valence-corrected chi connectivity index (χ2v) is 10.9. The highest BCUT2D eigenvalue weighted by molar-refractivity contribution is 8.34. The highest BCUT2D eigenvalue weighted by atomic mass is 32.3. The van der Waals surface area contributed by atoms with Crippen LogP contribution in [-0.4, -0.2) is 48.5 Å². The summed E-state index contributed by atoms with van der Waals surface area (Å²) >= 11 is 1.53. The molecule has 21 heavy (non-hydrogen) atoms. The van der Waals surface area contributed by atoms with Crippen molar-refractivity contribution in [2.24, 2.45) is 0 Å². The molecule has 0 N–H and O–H groups in total. The molecule has 1 aliphatic rings. The van der Waals surface area contributed by atoms with Gasteiger partial charge in [0.15, 0.2) is 0 Å². The molecule has 0 aromatic carbocycles. The van der Waals surface area contributed by atoms with E-state index in [4.69, 9.17) is 0 Å². The summed E-state index contributed by atoms with van der Waals surface area (Å²) in [6.45, 7) is 1.90. The number of hydrogen-bond donors (Lipinski definition) is 0. The molecule has 126 valence electrons. The van der Waals surface area contributed by atoms with Crippen molar-refractivity contribution in [3.8, 4) is 0 Å². The summed E-state index contributed by atoms with van der Waals surface area (Å²) in [5.74, 6) is 1.06. The van der Waals surface area contributed by atoms with Crippen LogP contribution in [-0.2, 0) is 18.5 Å². The zero-order valence-corrected chi connectivity index (χ0v) is 14.1. The molecule has 0 unspecified atom stereocenters. The molecule has 1 rings (SSSR count). The van der Waals surface area contributed by atoms with Gasteiger partial charge in [-0.25, -0.2) is 3.63 Å². The normalized spacial score (nSPS) is 21.0. The highest BCUT2D eigenvalue weighted by Crippen LogP contribution is 2.55. The van der Waals surface area contributed by atoms with Crippen molar-refractivity contribution in [3.05, 3.63) is 0 Å². The average molecular weight is 368 g/mol. The number of halogens is 3. The fourth-order valence-electron chi connectivity index (χ4n) is 1.83. The van der Waals surface area contributed by atoms with Gasteiger partial charge in [-0.2, -0.15) is 33.4 Å². The zero-order chi connectivity index (χ0) is 16.1. The number of unbranched alkanes of at least 4 members (excludes halogenated alkanes) is 1. The molecule has 4 nitrogen and oxygen atoms in total. The van der Waals surface area contributed by atoms with Crippen molar-refractivity contribution in [1.29, 1.82) is 0 Å². The Morgan fingerprint density at radius 3 is 2.33 bits per heavy atom. The molecule has 0 aromatic heterocycles. The first kappa shape index (κ1) is 19.1. The van der Waals surface area contributed by atoms with Gasteiger partial charge in [-0.05, 0) is 6.42 Å². The Morgan fingerprint density at radius 2 is 1.86 bits per heavy atom. The van der Waals surface area contributed by atoms with Crippen LogP contribution in [0.15, 0.2) is 0 Å². The van der Waals surface area contributed by atoms with Crippen LogP contribution in [0.25, 0.3) is 0 Å². The van der Waals surface area contributed by atoms with E-state index in [9.17, 15) is 26.4 Å². The summed E-state index contributed by atoms with van der Waals surface area (Å²) in [6.07, 6.45) is 1.70. The molecule has 0 atom stereocenters. The molecule has 10 heteroatoms. The minimum Gasteiger partial charge on any atom is -0.299 e. The molecule has 0 saturated carbocycles. The van der Waals surface area contributed by atoms with Gasteiger partial charge in [0, 0.05) is 29.4 Å². The Hall–Kier alpha value is 0.0700. The number of carbonyl (C=O) groups excluding carboxylic acids is 1. The van der Waals surface area contributed by atoms with Gasteiger partial charge in [0.25, 0.3) is 0 Å². The molecule has 0 aliphatic carbocycles. The molecule has 0 radical (unpaired) electrons. The van der Waals surface area contributed by atoms with E-state index in [-0.39, 0.29) is 29.5 Å². The lowest BCUT2D eigenvalue weighted by atomic mass is 10.2. The number of alkyl halides is 3. The first-order valence-corrected chi connectivity index (χ1v) is 11.1. The molecular weight excluding hydrogens is 349 g/mol. The van der Waals surface area contributed by atoms with E-state index in [0.29, 0.717) is 17.9 Å². The van der Waals surface area contributed by atoms with Gasteiger partial charge >= 0.3 is 15.6 Å². The fraction of sp³-hybridized carbons (Fsp3) is 0.909. The zero-order valence-electron chi connectivity index (χ0n) is 11.6. The molecule has 1 fully saturated rings. The average Bonchev–Trinajstić information content (AvgIpc) is 2.35. The van der Waals surface area contributed by atoms with Crippen LogP contribution < -0.4 is 0 Å². The molecule has 1 aliphatic heterocycles. The lowest BCUT2D eigenvalue weighted by molar-refractivity contribution is -0.116. The van der Waals surface area contributed by atoms with Gasteiger partial charge in [0.1, 0.15) is 5.78 Å². The van der Waals surface area contributed by atoms with Crippen molar-refractivity contribution in [2.45, 2.75) is 31.7 Å². The molecule has 1 saturated heterocycles. The van der Waals surface area contributed by atoms with Crippen LogP contribution in [0, 0.1) is 0 Å². The first-order valence-electron chi connectivity index (χ1n) is 6.50. The fourth-order valence-corrected chi connectivity index (χ4v) is 9.20. The third-order valence-electron chi connectivity index (χ3n) is 2.95. The van der Waals surface area contributed by atoms with E-state index in [0.717, 1.165) is 6.42 Å². The van der Waals surface area contributed by atoms with Crippen LogP contribution in [0.4, 0.5) is 13.2 Å². The van der Waals surface area contributed by atoms with Crippen LogP contribution in [0.3, 0.4) is 0 Å². The van der Waals surface area contributed by atoms with Crippen molar-refractivity contribution < 1.29 is 30.0 Å². The van der Waals surface area contributed by atoms with Crippen molar-refractivity contribution in [1.82, 2.24) is 0 Å². The van der Waals surface area contributed by atoms with Gasteiger partial charge in [0.2, 0.25) is 0 Å². The monoisotopic (exact) mass is 368 g/mol. The molecule has 0 aromatic rings. The molecule has 0 bridgehead atoms. The Morgan fingerprint density at radius 1 is 1.29 bits per heavy atom. The van der Waals surface area contributed by atoms with Crippen LogP contribution in [0.5, 0.6) is 0 Å². The Labute approximate surface area is 128 Å². The van der Waals surface area contributed by atoms with E-state index in [1.807, 2.05) is 6.92 Å². The summed E-state index contributed by atoms with van der Waals surface area (Å²) < 4.78 is 64.7. The quantitative estimate of drug-likeness (QED) is 0.646. The predicted molar refractivity (Wildman–Crippen MR) is 80.1 cm³/mol. The second kappa shape index (κ2) is 7.56. The maximum atomic E-state index is 12.5. The van der Waals surface area contributed by atoms with Gasteiger partial charge < -0.3 is 0 Å². The van der Waals surface area contributed by atoms with Crippen molar-refractivity contribution in [2.75, 3.05) is 28.8 Å². The summed E-state index contributed by atoms with van der Waals surface area (Å²) in [4.78, 5) is 11.9. The predicted octanol–water partition coefficient (Wildman–Crippen LogP) is 3.08. The van der Waals surface area contributed by atoms with Crippen LogP contribution >= 0.6 is 22.1 Å². The number of ketones is 1. The molecule has 1 heterocycles. The Kier molecular flexibility index (Phi) is 6.88. The molecular formula is C11H19F3O4S3. The summed E-state index contributed by atoms with van der Waals surface area (Å²) in [5, 5.41) is 0. The third-order valence-corrected chi connectivity index (χ3v) is 9.64. The van der Waals surface area contributed by atoms with Gasteiger partial charge in [-0.3, -0.25) is 4.79 Å². The highest BCUT2D eigenvalue weighted by Gasteiger charge is 2.51. The topological polar surface area (TPSA) is 60.4 Å².